The van der Waals surface area contributed by atoms with Gasteiger partial charge in [0.15, 0.2) is 5.58 Å². The number of anilines is 2. The van der Waals surface area contributed by atoms with Crippen LogP contribution in [0.25, 0.3) is 33.3 Å². The van der Waals surface area contributed by atoms with E-state index in [0.717, 1.165) is 17.5 Å². The molecule has 1 saturated heterocycles. The quantitative estimate of drug-likeness (QED) is 0.291. The SMILES string of the molecule is CN(C)CC=CC(=O)N1CCC(n2cc(C(=O)Nc3nc4cc(-c5ccccc5)ccc4o3)c3c(N)ncnc32)C1. The van der Waals surface area contributed by atoms with Crippen molar-refractivity contribution in [3.63, 3.8) is 0 Å². The molecule has 4 heterocycles. The lowest BCUT2D eigenvalue weighted by Crippen LogP contribution is -2.27. The Morgan fingerprint density at radius 2 is 1.98 bits per heavy atom. The van der Waals surface area contributed by atoms with Gasteiger partial charge in [-0.1, -0.05) is 42.5 Å². The number of hydrogen-bond donors (Lipinski definition) is 2. The summed E-state index contributed by atoms with van der Waals surface area (Å²) in [5, 5.41) is 3.22. The zero-order valence-corrected chi connectivity index (χ0v) is 22.8. The van der Waals surface area contributed by atoms with Gasteiger partial charge in [0.1, 0.15) is 23.3 Å². The Morgan fingerprint density at radius 1 is 1.15 bits per heavy atom. The van der Waals surface area contributed by atoms with E-state index in [1.807, 2.05) is 78.2 Å². The average Bonchev–Trinajstić information content (AvgIpc) is 3.70. The van der Waals surface area contributed by atoms with E-state index in [-0.39, 0.29) is 23.8 Å². The molecule has 2 amide bonds. The molecule has 1 fully saturated rings. The van der Waals surface area contributed by atoms with Crippen molar-refractivity contribution in [3.8, 4) is 11.1 Å². The summed E-state index contributed by atoms with van der Waals surface area (Å²) in [7, 11) is 3.90. The van der Waals surface area contributed by atoms with Crippen LogP contribution in [0.2, 0.25) is 0 Å². The van der Waals surface area contributed by atoms with Crippen molar-refractivity contribution in [2.24, 2.45) is 0 Å². The minimum Gasteiger partial charge on any atom is -0.423 e. The van der Waals surface area contributed by atoms with Gasteiger partial charge in [0.25, 0.3) is 5.91 Å². The number of nitrogens with zero attached hydrogens (tertiary/aromatic N) is 6. The maximum atomic E-state index is 13.5. The molecule has 1 unspecified atom stereocenters. The molecule has 0 bridgehead atoms. The predicted molar refractivity (Wildman–Crippen MR) is 157 cm³/mol. The largest absolute Gasteiger partial charge is 0.423 e. The van der Waals surface area contributed by atoms with Crippen LogP contribution in [0.4, 0.5) is 11.8 Å². The number of amides is 2. The molecule has 11 heteroatoms. The van der Waals surface area contributed by atoms with Gasteiger partial charge in [-0.25, -0.2) is 9.97 Å². The second-order valence-corrected chi connectivity index (χ2v) is 10.3. The molecule has 0 aliphatic carbocycles. The molecule has 0 spiro atoms. The fourth-order valence-corrected chi connectivity index (χ4v) is 5.15. The van der Waals surface area contributed by atoms with Crippen molar-refractivity contribution in [2.45, 2.75) is 12.5 Å². The Balaban J connectivity index is 1.25. The second kappa shape index (κ2) is 10.9. The summed E-state index contributed by atoms with van der Waals surface area (Å²) >= 11 is 0. The number of carbonyl (C=O) groups excluding carboxylic acids is 2. The van der Waals surface area contributed by atoms with Gasteiger partial charge in [0.05, 0.1) is 17.0 Å². The van der Waals surface area contributed by atoms with Gasteiger partial charge in [-0.15, -0.1) is 0 Å². The number of fused-ring (bicyclic) bond motifs is 2. The minimum absolute atomic E-state index is 0.0377. The summed E-state index contributed by atoms with van der Waals surface area (Å²) in [6.45, 7) is 1.79. The molecule has 1 aliphatic heterocycles. The molecule has 41 heavy (non-hydrogen) atoms. The maximum absolute atomic E-state index is 13.5. The van der Waals surface area contributed by atoms with Crippen LogP contribution in [0.5, 0.6) is 0 Å². The summed E-state index contributed by atoms with van der Waals surface area (Å²) < 4.78 is 7.74. The first-order chi connectivity index (χ1) is 19.9. The monoisotopic (exact) mass is 550 g/mol. The van der Waals surface area contributed by atoms with Gasteiger partial charge in [-0.05, 0) is 43.8 Å². The van der Waals surface area contributed by atoms with Crippen molar-refractivity contribution >= 4 is 45.8 Å². The highest BCUT2D eigenvalue weighted by Crippen LogP contribution is 2.32. The predicted octanol–water partition coefficient (Wildman–Crippen LogP) is 3.97. The second-order valence-electron chi connectivity index (χ2n) is 10.3. The zero-order chi connectivity index (χ0) is 28.5. The van der Waals surface area contributed by atoms with E-state index in [1.165, 1.54) is 6.33 Å². The van der Waals surface area contributed by atoms with Crippen molar-refractivity contribution in [3.05, 3.63) is 78.8 Å². The lowest BCUT2D eigenvalue weighted by molar-refractivity contribution is -0.125. The molecule has 3 aromatic heterocycles. The highest BCUT2D eigenvalue weighted by atomic mass is 16.4. The molecule has 1 atom stereocenters. The van der Waals surface area contributed by atoms with Gasteiger partial charge in [-0.2, -0.15) is 4.98 Å². The highest BCUT2D eigenvalue weighted by Gasteiger charge is 2.30. The number of hydrogen-bond acceptors (Lipinski definition) is 8. The first-order valence-corrected chi connectivity index (χ1v) is 13.4. The summed E-state index contributed by atoms with van der Waals surface area (Å²) in [5.74, 6) is -0.284. The molecule has 5 aromatic rings. The third-order valence-electron chi connectivity index (χ3n) is 7.20. The minimum atomic E-state index is -0.442. The van der Waals surface area contributed by atoms with E-state index in [0.29, 0.717) is 47.3 Å². The fourth-order valence-electron chi connectivity index (χ4n) is 5.15. The van der Waals surface area contributed by atoms with Crippen LogP contribution in [0, 0.1) is 0 Å². The lowest BCUT2D eigenvalue weighted by atomic mass is 10.1. The zero-order valence-electron chi connectivity index (χ0n) is 22.8. The maximum Gasteiger partial charge on any atom is 0.302 e. The van der Waals surface area contributed by atoms with Crippen LogP contribution >= 0.6 is 0 Å². The lowest BCUT2D eigenvalue weighted by Gasteiger charge is -2.16. The number of likely N-dealkylation sites (N-methyl/N-ethyl adjacent to an activating group) is 1. The number of nitrogens with two attached hydrogens (primary N) is 1. The normalized spacial score (nSPS) is 15.5. The number of nitrogen functional groups attached to an aromatic ring is 1. The van der Waals surface area contributed by atoms with Crippen molar-refractivity contribution in [2.75, 3.05) is 44.8 Å². The van der Waals surface area contributed by atoms with E-state index in [2.05, 4.69) is 20.3 Å². The Bertz CT molecular complexity index is 1770. The number of carbonyl (C=O) groups is 2. The highest BCUT2D eigenvalue weighted by molar-refractivity contribution is 6.14. The molecule has 3 N–H and O–H groups in total. The van der Waals surface area contributed by atoms with Crippen LogP contribution < -0.4 is 11.1 Å². The van der Waals surface area contributed by atoms with Crippen LogP contribution in [-0.2, 0) is 4.79 Å². The summed E-state index contributed by atoms with van der Waals surface area (Å²) in [5.41, 5.74) is 10.3. The van der Waals surface area contributed by atoms with Crippen LogP contribution in [0.15, 0.2) is 77.6 Å². The van der Waals surface area contributed by atoms with Gasteiger partial charge < -0.3 is 24.5 Å². The first kappa shape index (κ1) is 26.2. The average molecular weight is 551 g/mol. The van der Waals surface area contributed by atoms with Gasteiger partial charge in [0, 0.05) is 31.9 Å². The molecule has 11 nitrogen and oxygen atoms in total. The van der Waals surface area contributed by atoms with Crippen LogP contribution in [0.1, 0.15) is 22.8 Å². The third-order valence-corrected chi connectivity index (χ3v) is 7.20. The third kappa shape index (κ3) is 5.27. The summed E-state index contributed by atoms with van der Waals surface area (Å²) in [6.07, 6.45) is 7.28. The number of nitrogens with one attached hydrogen (secondary N) is 1. The van der Waals surface area contributed by atoms with E-state index >= 15 is 0 Å². The van der Waals surface area contributed by atoms with Crippen LogP contribution in [-0.4, -0.2) is 74.9 Å². The first-order valence-electron chi connectivity index (χ1n) is 13.4. The van der Waals surface area contributed by atoms with E-state index in [4.69, 9.17) is 10.2 Å². The molecule has 208 valence electrons. The fraction of sp³-hybridized carbons (Fsp3) is 0.233. The molecule has 0 radical (unpaired) electrons. The van der Waals surface area contributed by atoms with Crippen molar-refractivity contribution in [1.82, 2.24) is 29.3 Å². The van der Waals surface area contributed by atoms with E-state index in [9.17, 15) is 9.59 Å². The van der Waals surface area contributed by atoms with E-state index in [1.54, 1.807) is 17.2 Å². The smallest absolute Gasteiger partial charge is 0.302 e. The molecule has 6 rings (SSSR count). The Kier molecular flexibility index (Phi) is 6.94. The topological polar surface area (TPSA) is 135 Å². The van der Waals surface area contributed by atoms with Gasteiger partial charge in [-0.3, -0.25) is 14.9 Å². The Labute approximate surface area is 236 Å². The number of likely N-dealkylation sites (tertiary alicyclic amines) is 1. The van der Waals surface area contributed by atoms with Crippen molar-refractivity contribution in [1.29, 1.82) is 0 Å². The molecule has 2 aromatic carbocycles. The number of rotatable bonds is 7. The molecule has 1 aliphatic rings. The van der Waals surface area contributed by atoms with Crippen molar-refractivity contribution < 1.29 is 14.0 Å². The van der Waals surface area contributed by atoms with Crippen LogP contribution in [0.3, 0.4) is 0 Å². The van der Waals surface area contributed by atoms with E-state index < -0.39 is 5.91 Å². The summed E-state index contributed by atoms with van der Waals surface area (Å²) in [6, 6.07) is 15.7. The Morgan fingerprint density at radius 3 is 2.78 bits per heavy atom. The number of oxazole rings is 1. The van der Waals surface area contributed by atoms with Gasteiger partial charge in [0.2, 0.25) is 5.91 Å². The molecular weight excluding hydrogens is 520 g/mol. The molecular formula is C30H30N8O3. The summed E-state index contributed by atoms with van der Waals surface area (Å²) in [4.78, 5) is 43.0. The Hall–Kier alpha value is -5.03. The number of benzene rings is 2. The standard InChI is InChI=1S/C30H30N8O3/c1-36(2)13-6-9-25(39)37-14-12-21(16-37)38-17-22(26-27(31)32-18-33-28(26)38)29(40)35-30-34-23-15-20(10-11-24(23)41-30)19-7-4-3-5-8-19/h3-11,15,17-18,21H,12-14,16H2,1-2H3,(H2,31,32,33)(H,34,35,40). The van der Waals surface area contributed by atoms with Gasteiger partial charge >= 0.3 is 6.01 Å². The molecule has 0 saturated carbocycles. The number of aromatic nitrogens is 4.